The minimum atomic E-state index is 0.171. The number of carbonyl (C=O) groups excluding carboxylic acids is 1. The maximum atomic E-state index is 12.1. The summed E-state index contributed by atoms with van der Waals surface area (Å²) in [5.41, 5.74) is 0. The Morgan fingerprint density at radius 1 is 1.04 bits per heavy atom. The van der Waals surface area contributed by atoms with E-state index in [2.05, 4.69) is 31.5 Å². The van der Waals surface area contributed by atoms with Crippen LogP contribution in [0, 0.1) is 0 Å². The molecule has 0 radical (unpaired) electrons. The molecule has 1 aromatic rings. The number of rotatable bonds is 8. The lowest BCUT2D eigenvalue weighted by molar-refractivity contribution is -0.121. The molecule has 1 aliphatic carbocycles. The first-order valence-electron chi connectivity index (χ1n) is 10.7. The number of nitrogens with zero attached hydrogens (tertiary/aromatic N) is 3. The van der Waals surface area contributed by atoms with Crippen molar-refractivity contribution in [3.63, 3.8) is 0 Å². The third-order valence-corrected chi connectivity index (χ3v) is 5.74. The summed E-state index contributed by atoms with van der Waals surface area (Å²) in [6, 6.07) is 6.69. The third-order valence-electron chi connectivity index (χ3n) is 5.74. The fourth-order valence-electron chi connectivity index (χ4n) is 4.05. The zero-order valence-electron chi connectivity index (χ0n) is 16.5. The van der Waals surface area contributed by atoms with Gasteiger partial charge in [-0.3, -0.25) is 9.69 Å². The van der Waals surface area contributed by atoms with Crippen LogP contribution in [0.2, 0.25) is 0 Å². The van der Waals surface area contributed by atoms with Gasteiger partial charge in [0.2, 0.25) is 5.91 Å². The fraction of sp³-hybridized carbons (Fsp3) is 0.714. The molecule has 1 amide bonds. The fourth-order valence-corrected chi connectivity index (χ4v) is 4.05. The molecule has 0 spiro atoms. The summed E-state index contributed by atoms with van der Waals surface area (Å²) < 4.78 is 0. The van der Waals surface area contributed by atoms with Gasteiger partial charge in [-0.05, 0) is 25.0 Å². The summed E-state index contributed by atoms with van der Waals surface area (Å²) in [5, 5.41) is 6.67. The van der Waals surface area contributed by atoms with Gasteiger partial charge < -0.3 is 15.5 Å². The highest BCUT2D eigenvalue weighted by atomic mass is 16.1. The van der Waals surface area contributed by atoms with Crippen molar-refractivity contribution in [1.29, 1.82) is 0 Å². The van der Waals surface area contributed by atoms with Crippen molar-refractivity contribution in [1.82, 2.24) is 20.5 Å². The minimum Gasteiger partial charge on any atom is -0.355 e. The van der Waals surface area contributed by atoms with Crippen LogP contribution in [0.15, 0.2) is 24.4 Å². The summed E-state index contributed by atoms with van der Waals surface area (Å²) in [7, 11) is 0. The van der Waals surface area contributed by atoms with Crippen molar-refractivity contribution in [3.05, 3.63) is 24.4 Å². The number of hydrogen-bond acceptors (Lipinski definition) is 5. The second-order valence-corrected chi connectivity index (χ2v) is 7.76. The van der Waals surface area contributed by atoms with E-state index in [-0.39, 0.29) is 5.91 Å². The molecule has 150 valence electrons. The highest BCUT2D eigenvalue weighted by molar-refractivity contribution is 5.76. The Kier molecular flexibility index (Phi) is 8.36. The lowest BCUT2D eigenvalue weighted by Gasteiger charge is -2.35. The first-order chi connectivity index (χ1) is 13.3. The van der Waals surface area contributed by atoms with Crippen molar-refractivity contribution in [3.8, 4) is 0 Å². The van der Waals surface area contributed by atoms with E-state index in [9.17, 15) is 4.79 Å². The zero-order valence-corrected chi connectivity index (χ0v) is 16.5. The number of anilines is 1. The molecule has 2 aliphatic rings. The number of carbonyl (C=O) groups is 1. The van der Waals surface area contributed by atoms with Crippen LogP contribution < -0.4 is 15.5 Å². The number of nitrogens with one attached hydrogen (secondary N) is 2. The van der Waals surface area contributed by atoms with E-state index in [4.69, 9.17) is 0 Å². The molecule has 0 unspecified atom stereocenters. The maximum Gasteiger partial charge on any atom is 0.221 e. The lowest BCUT2D eigenvalue weighted by atomic mass is 10.1. The standard InChI is InChI=1S/C21H35N5O/c27-21(24-13-12-22-19-7-3-1-2-4-8-19)10-14-25-15-17-26(18-16-25)20-9-5-6-11-23-20/h5-6,9,11,19,22H,1-4,7-8,10,12-18H2,(H,24,27). The van der Waals surface area contributed by atoms with E-state index in [1.54, 1.807) is 0 Å². The second kappa shape index (κ2) is 11.2. The largest absolute Gasteiger partial charge is 0.355 e. The summed E-state index contributed by atoms with van der Waals surface area (Å²) in [6.07, 6.45) is 10.5. The van der Waals surface area contributed by atoms with Gasteiger partial charge in [-0.15, -0.1) is 0 Å². The molecule has 6 heteroatoms. The molecule has 1 saturated carbocycles. The molecule has 1 aromatic heterocycles. The minimum absolute atomic E-state index is 0.171. The second-order valence-electron chi connectivity index (χ2n) is 7.76. The maximum absolute atomic E-state index is 12.1. The summed E-state index contributed by atoms with van der Waals surface area (Å²) in [5.74, 6) is 1.22. The van der Waals surface area contributed by atoms with Crippen molar-refractivity contribution >= 4 is 11.7 Å². The molecular formula is C21H35N5O. The van der Waals surface area contributed by atoms with Gasteiger partial charge in [0.05, 0.1) is 0 Å². The Morgan fingerprint density at radius 3 is 2.52 bits per heavy atom. The Labute approximate surface area is 163 Å². The monoisotopic (exact) mass is 373 g/mol. The van der Waals surface area contributed by atoms with E-state index in [0.29, 0.717) is 12.5 Å². The Balaban J connectivity index is 1.23. The molecule has 1 saturated heterocycles. The van der Waals surface area contributed by atoms with Crippen molar-refractivity contribution in [2.24, 2.45) is 0 Å². The van der Waals surface area contributed by atoms with Crippen LogP contribution in [0.1, 0.15) is 44.9 Å². The van der Waals surface area contributed by atoms with Crippen molar-refractivity contribution < 1.29 is 4.79 Å². The van der Waals surface area contributed by atoms with Gasteiger partial charge in [0.15, 0.2) is 0 Å². The van der Waals surface area contributed by atoms with Crippen LogP contribution in [0.4, 0.5) is 5.82 Å². The lowest BCUT2D eigenvalue weighted by Crippen LogP contribution is -2.47. The van der Waals surface area contributed by atoms with E-state index < -0.39 is 0 Å². The molecule has 1 aliphatic heterocycles. The molecule has 2 fully saturated rings. The van der Waals surface area contributed by atoms with Gasteiger partial charge in [-0.25, -0.2) is 4.98 Å². The highest BCUT2D eigenvalue weighted by Gasteiger charge is 2.18. The molecule has 2 heterocycles. The van der Waals surface area contributed by atoms with Gasteiger partial charge in [0.25, 0.3) is 0 Å². The van der Waals surface area contributed by atoms with Crippen LogP contribution in [0.3, 0.4) is 0 Å². The van der Waals surface area contributed by atoms with Crippen molar-refractivity contribution in [2.75, 3.05) is 50.7 Å². The van der Waals surface area contributed by atoms with Gasteiger partial charge >= 0.3 is 0 Å². The average molecular weight is 374 g/mol. The molecule has 0 atom stereocenters. The normalized spacial score (nSPS) is 19.6. The van der Waals surface area contributed by atoms with E-state index in [1.165, 1.54) is 38.5 Å². The third kappa shape index (κ3) is 7.11. The molecule has 27 heavy (non-hydrogen) atoms. The average Bonchev–Trinajstić information content (AvgIpc) is 3.00. The highest BCUT2D eigenvalue weighted by Crippen LogP contribution is 2.16. The Hall–Kier alpha value is -1.66. The smallest absolute Gasteiger partial charge is 0.221 e. The summed E-state index contributed by atoms with van der Waals surface area (Å²) >= 11 is 0. The topological polar surface area (TPSA) is 60.5 Å². The van der Waals surface area contributed by atoms with E-state index >= 15 is 0 Å². The first-order valence-corrected chi connectivity index (χ1v) is 10.7. The number of pyridine rings is 1. The molecular weight excluding hydrogens is 338 g/mol. The van der Waals surface area contributed by atoms with Crippen LogP contribution in [-0.4, -0.2) is 67.6 Å². The van der Waals surface area contributed by atoms with Crippen LogP contribution in [0.5, 0.6) is 0 Å². The number of amides is 1. The van der Waals surface area contributed by atoms with Gasteiger partial charge in [-0.2, -0.15) is 0 Å². The Bertz CT molecular complexity index is 537. The van der Waals surface area contributed by atoms with Crippen LogP contribution in [0.25, 0.3) is 0 Å². The SMILES string of the molecule is O=C(CCN1CCN(c2ccccn2)CC1)NCCNC1CCCCCC1. The number of piperazine rings is 1. The molecule has 6 nitrogen and oxygen atoms in total. The first kappa shape index (κ1) is 20.1. The van der Waals surface area contributed by atoms with Crippen molar-refractivity contribution in [2.45, 2.75) is 51.0 Å². The zero-order chi connectivity index (χ0) is 18.7. The van der Waals surface area contributed by atoms with Gasteiger partial charge in [-0.1, -0.05) is 31.7 Å². The van der Waals surface area contributed by atoms with E-state index in [1.807, 2.05) is 18.3 Å². The van der Waals surface area contributed by atoms with Gasteiger partial charge in [0.1, 0.15) is 5.82 Å². The molecule has 3 rings (SSSR count). The molecule has 0 aromatic carbocycles. The van der Waals surface area contributed by atoms with Crippen LogP contribution >= 0.6 is 0 Å². The number of hydrogen-bond donors (Lipinski definition) is 2. The quantitative estimate of drug-likeness (QED) is 0.539. The number of aromatic nitrogens is 1. The Morgan fingerprint density at radius 2 is 1.81 bits per heavy atom. The molecule has 0 bridgehead atoms. The molecule has 2 N–H and O–H groups in total. The van der Waals surface area contributed by atoms with Gasteiger partial charge in [0, 0.05) is 64.5 Å². The summed E-state index contributed by atoms with van der Waals surface area (Å²) in [4.78, 5) is 21.2. The summed E-state index contributed by atoms with van der Waals surface area (Å²) in [6.45, 7) is 6.41. The van der Waals surface area contributed by atoms with Crippen LogP contribution in [-0.2, 0) is 4.79 Å². The van der Waals surface area contributed by atoms with E-state index in [0.717, 1.165) is 51.6 Å². The predicted octanol–water partition coefficient (Wildman–Crippen LogP) is 2.02. The predicted molar refractivity (Wildman–Crippen MR) is 110 cm³/mol.